The molecule has 0 aliphatic rings. The van der Waals surface area contributed by atoms with Gasteiger partial charge in [0.15, 0.2) is 0 Å². The lowest BCUT2D eigenvalue weighted by atomic mass is 9.99. The first-order valence-electron chi connectivity index (χ1n) is 8.93. The van der Waals surface area contributed by atoms with Crippen LogP contribution < -0.4 is 16.8 Å². The summed E-state index contributed by atoms with van der Waals surface area (Å²) in [5, 5.41) is 2.74. The number of carbonyl (C=O) groups is 1. The van der Waals surface area contributed by atoms with Gasteiger partial charge in [-0.3, -0.25) is 9.79 Å². The number of benzene rings is 1. The van der Waals surface area contributed by atoms with E-state index in [2.05, 4.69) is 26.2 Å². The van der Waals surface area contributed by atoms with Crippen LogP contribution in [0.4, 0.5) is 13.2 Å². The van der Waals surface area contributed by atoms with E-state index in [-0.39, 0.29) is 18.5 Å². The highest BCUT2D eigenvalue weighted by molar-refractivity contribution is 9.12. The highest BCUT2D eigenvalue weighted by Gasteiger charge is 2.33. The number of rotatable bonds is 7. The molecule has 10 heteroatoms. The van der Waals surface area contributed by atoms with Crippen LogP contribution in [0, 0.1) is 6.92 Å². The van der Waals surface area contributed by atoms with Gasteiger partial charge < -0.3 is 16.8 Å². The van der Waals surface area contributed by atoms with Crippen molar-refractivity contribution in [2.75, 3.05) is 13.6 Å². The summed E-state index contributed by atoms with van der Waals surface area (Å²) in [7, 11) is 1.61. The van der Waals surface area contributed by atoms with E-state index in [4.69, 9.17) is 11.5 Å². The topological polar surface area (TPSA) is 93.5 Å². The highest BCUT2D eigenvalue weighted by Crippen LogP contribution is 2.32. The third-order valence-corrected chi connectivity index (χ3v) is 6.24. The molecule has 0 aliphatic heterocycles. The van der Waals surface area contributed by atoms with Crippen LogP contribution in [-0.2, 0) is 12.6 Å². The maximum Gasteiger partial charge on any atom is 0.416 e. The Morgan fingerprint density at radius 2 is 2.03 bits per heavy atom. The average Bonchev–Trinajstić information content (AvgIpc) is 3.09. The second-order valence-corrected chi connectivity index (χ2v) is 8.38. The maximum absolute atomic E-state index is 13.2. The van der Waals surface area contributed by atoms with Gasteiger partial charge in [0.05, 0.1) is 25.5 Å². The molecule has 1 aromatic heterocycles. The first kappa shape index (κ1) is 24.1. The van der Waals surface area contributed by atoms with E-state index >= 15 is 0 Å². The number of allylic oxidation sites excluding steroid dienone is 1. The second kappa shape index (κ2) is 10.2. The molecule has 30 heavy (non-hydrogen) atoms. The number of aliphatic imine (C=N–C) groups is 1. The average molecular weight is 503 g/mol. The van der Waals surface area contributed by atoms with E-state index in [1.165, 1.54) is 35.7 Å². The molecule has 0 radical (unpaired) electrons. The van der Waals surface area contributed by atoms with Crippen molar-refractivity contribution < 1.29 is 18.0 Å². The Morgan fingerprint density at radius 3 is 2.60 bits per heavy atom. The minimum Gasteiger partial charge on any atom is -0.404 e. The molecule has 162 valence electrons. The molecule has 0 bridgehead atoms. The lowest BCUT2D eigenvalue weighted by Gasteiger charge is -2.19. The van der Waals surface area contributed by atoms with E-state index in [0.29, 0.717) is 15.1 Å². The molecule has 1 aromatic carbocycles. The smallest absolute Gasteiger partial charge is 0.404 e. The number of hydrogen-bond donors (Lipinski definition) is 3. The van der Waals surface area contributed by atoms with Crippen molar-refractivity contribution in [2.24, 2.45) is 16.5 Å². The minimum absolute atomic E-state index is 0.00171. The molecule has 1 heterocycles. The molecular weight excluding hydrogens is 481 g/mol. The van der Waals surface area contributed by atoms with Crippen molar-refractivity contribution in [3.8, 4) is 0 Å². The number of carbonyl (C=O) groups excluding carboxylic acids is 1. The van der Waals surface area contributed by atoms with Gasteiger partial charge in [-0.05, 0) is 52.5 Å². The van der Waals surface area contributed by atoms with Gasteiger partial charge in [-0.1, -0.05) is 18.2 Å². The molecular formula is C20H22BrF3N4OS. The first-order valence-corrected chi connectivity index (χ1v) is 10.5. The Bertz CT molecular complexity index is 969. The summed E-state index contributed by atoms with van der Waals surface area (Å²) in [6.45, 7) is 1.84. The van der Waals surface area contributed by atoms with Gasteiger partial charge in [0.1, 0.15) is 0 Å². The zero-order valence-electron chi connectivity index (χ0n) is 16.4. The lowest BCUT2D eigenvalue weighted by molar-refractivity contribution is -0.138. The number of nitrogens with one attached hydrogen (secondary N) is 1. The number of halogens is 4. The fraction of sp³-hybridized carbons (Fsp3) is 0.300. The molecule has 2 rings (SSSR count). The largest absolute Gasteiger partial charge is 0.416 e. The molecule has 1 atom stereocenters. The number of amides is 1. The number of hydrogen-bond acceptors (Lipinski definition) is 5. The fourth-order valence-electron chi connectivity index (χ4n) is 2.91. The Morgan fingerprint density at radius 1 is 1.37 bits per heavy atom. The summed E-state index contributed by atoms with van der Waals surface area (Å²) >= 11 is 4.56. The Balaban J connectivity index is 2.22. The van der Waals surface area contributed by atoms with Gasteiger partial charge >= 0.3 is 6.18 Å². The van der Waals surface area contributed by atoms with Gasteiger partial charge in [0, 0.05) is 25.8 Å². The van der Waals surface area contributed by atoms with Crippen molar-refractivity contribution in [3.63, 3.8) is 0 Å². The van der Waals surface area contributed by atoms with Crippen LogP contribution in [-0.4, -0.2) is 31.3 Å². The molecule has 0 saturated carbocycles. The predicted octanol–water partition coefficient (Wildman–Crippen LogP) is 3.99. The van der Waals surface area contributed by atoms with Gasteiger partial charge in [-0.2, -0.15) is 13.2 Å². The molecule has 0 fully saturated rings. The van der Waals surface area contributed by atoms with Gasteiger partial charge in [0.2, 0.25) is 0 Å². The zero-order chi connectivity index (χ0) is 22.5. The lowest BCUT2D eigenvalue weighted by Crippen LogP contribution is -2.41. The maximum atomic E-state index is 13.2. The second-order valence-electron chi connectivity index (χ2n) is 6.47. The van der Waals surface area contributed by atoms with E-state index in [0.717, 1.165) is 16.5 Å². The summed E-state index contributed by atoms with van der Waals surface area (Å²) in [5.74, 6) is -0.405. The van der Waals surface area contributed by atoms with Gasteiger partial charge in [0.25, 0.3) is 5.91 Å². The Kier molecular flexibility index (Phi) is 8.22. The van der Waals surface area contributed by atoms with Gasteiger partial charge in [-0.25, -0.2) is 0 Å². The highest BCUT2D eigenvalue weighted by atomic mass is 79.9. The van der Waals surface area contributed by atoms with E-state index < -0.39 is 23.7 Å². The van der Waals surface area contributed by atoms with E-state index in [1.54, 1.807) is 13.1 Å². The Labute approximate surface area is 185 Å². The third-order valence-electron chi connectivity index (χ3n) is 4.36. The third kappa shape index (κ3) is 5.71. The van der Waals surface area contributed by atoms with Crippen molar-refractivity contribution in [1.29, 1.82) is 0 Å². The summed E-state index contributed by atoms with van der Waals surface area (Å²) in [4.78, 5) is 18.1. The van der Waals surface area contributed by atoms with Crippen LogP contribution >= 0.6 is 27.3 Å². The summed E-state index contributed by atoms with van der Waals surface area (Å²) in [6, 6.07) is 6.33. The van der Waals surface area contributed by atoms with E-state index in [1.807, 2.05) is 6.92 Å². The molecule has 5 nitrogen and oxygen atoms in total. The quantitative estimate of drug-likeness (QED) is 0.499. The van der Waals surface area contributed by atoms with Crippen LogP contribution in [0.3, 0.4) is 0 Å². The van der Waals surface area contributed by atoms with Crippen molar-refractivity contribution in [1.82, 2.24) is 5.32 Å². The molecule has 0 aliphatic carbocycles. The zero-order valence-corrected chi connectivity index (χ0v) is 18.8. The number of nitrogens with two attached hydrogens (primary N) is 2. The van der Waals surface area contributed by atoms with Crippen LogP contribution in [0.1, 0.15) is 31.2 Å². The predicted molar refractivity (Wildman–Crippen MR) is 118 cm³/mol. The Hall–Kier alpha value is -2.17. The van der Waals surface area contributed by atoms with Crippen LogP contribution in [0.5, 0.6) is 0 Å². The molecule has 0 unspecified atom stereocenters. The normalized spacial score (nSPS) is 14.0. The number of thiophene rings is 1. The van der Waals surface area contributed by atoms with Crippen molar-refractivity contribution >= 4 is 38.9 Å². The van der Waals surface area contributed by atoms with E-state index in [9.17, 15) is 18.0 Å². The minimum atomic E-state index is -4.47. The molecule has 0 saturated heterocycles. The van der Waals surface area contributed by atoms with Crippen LogP contribution in [0.2, 0.25) is 0 Å². The number of aryl methyl sites for hydroxylation is 1. The number of alkyl halides is 3. The van der Waals surface area contributed by atoms with Crippen LogP contribution in [0.25, 0.3) is 0 Å². The van der Waals surface area contributed by atoms with Gasteiger partial charge in [-0.15, -0.1) is 11.3 Å². The van der Waals surface area contributed by atoms with Crippen molar-refractivity contribution in [3.05, 3.63) is 67.5 Å². The molecule has 0 spiro atoms. The van der Waals surface area contributed by atoms with Crippen molar-refractivity contribution in [2.45, 2.75) is 25.6 Å². The summed E-state index contributed by atoms with van der Waals surface area (Å²) < 4.78 is 40.3. The monoisotopic (exact) mass is 502 g/mol. The fourth-order valence-corrected chi connectivity index (χ4v) is 4.55. The molecule has 2 aromatic rings. The standard InChI is InChI=1S/C20H22BrF3N4OS/c1-11-7-16(30-18(11)17(27-2)15(21)10-26)19(29)28-13(9-25)8-12-5-3-4-6-14(12)20(22,23)24/h3-7,10,13H,8-9,25-26H2,1-2H3,(H,28,29)/t13-/m0/s1. The SMILES string of the molecule is CN=C(C(Br)=CN)c1sc(C(=O)N[C@H](CN)Cc2ccccc2C(F)(F)F)cc1C. The van der Waals surface area contributed by atoms with Crippen LogP contribution in [0.15, 0.2) is 46.0 Å². The number of nitrogens with zero attached hydrogens (tertiary/aromatic N) is 1. The summed E-state index contributed by atoms with van der Waals surface area (Å²) in [6.07, 6.45) is -3.14. The molecule has 5 N–H and O–H groups in total. The first-order chi connectivity index (χ1) is 14.1. The molecule has 1 amide bonds. The summed E-state index contributed by atoms with van der Waals surface area (Å²) in [5.41, 5.74) is 12.1.